The Kier molecular flexibility index (Phi) is 9.02. The highest BCUT2D eigenvalue weighted by molar-refractivity contribution is 7.86. The van der Waals surface area contributed by atoms with Gasteiger partial charge < -0.3 is 0 Å². The molecule has 2 aliphatic rings. The third kappa shape index (κ3) is 6.85. The number of para-hydroxylation sites is 2. The largest absolute Gasteiger partial charge is 0.295 e. The van der Waals surface area contributed by atoms with Crippen LogP contribution in [0.5, 0.6) is 0 Å². The minimum Gasteiger partial charge on any atom is -0.282 e. The molecule has 2 atom stereocenters. The molecule has 4 aromatic carbocycles. The van der Waals surface area contributed by atoms with E-state index in [1.807, 2.05) is 0 Å². The molecule has 0 radical (unpaired) electrons. The summed E-state index contributed by atoms with van der Waals surface area (Å²) in [6, 6.07) is 21.8. The van der Waals surface area contributed by atoms with E-state index in [-0.39, 0.29) is 22.5 Å². The summed E-state index contributed by atoms with van der Waals surface area (Å²) in [5.41, 5.74) is 0.888. The molecule has 2 heterocycles. The molecule has 0 unspecified atom stereocenters. The lowest BCUT2D eigenvalue weighted by Gasteiger charge is -2.13. The van der Waals surface area contributed by atoms with Crippen molar-refractivity contribution < 1.29 is 35.5 Å². The Hall–Kier alpha value is -5.82. The number of azo groups is 2. The van der Waals surface area contributed by atoms with Crippen molar-refractivity contribution in [2.75, 3.05) is 10.0 Å². The summed E-state index contributed by atoms with van der Waals surface area (Å²) < 4.78 is 70.3. The zero-order valence-corrected chi connectivity index (χ0v) is 27.8. The van der Waals surface area contributed by atoms with Crippen LogP contribution < -0.4 is 10.0 Å². The summed E-state index contributed by atoms with van der Waals surface area (Å²) in [7, 11) is -10.0. The number of anilines is 2. The van der Waals surface area contributed by atoms with Gasteiger partial charge in [0.1, 0.15) is 9.79 Å². The standard InChI is InChI=1S/C32H26N8O8S2/c1-19-29(31(41)39(37-19)23-9-5-3-6-10-23)35-33-21-13-15-25(27(17-21)49(43,44)45)26-16-14-22(18-28(26)50(46,47)48)34-36-30-20(2)38-40(32(30)42)24-11-7-4-8-12-24/h3-18,29-30H,1-2H3,(H,43,44,45)(H,46,47,48)/t29-,30-/m0/s1. The highest BCUT2D eigenvalue weighted by atomic mass is 32.2. The van der Waals surface area contributed by atoms with Gasteiger partial charge in [0.15, 0.2) is 12.1 Å². The first-order chi connectivity index (χ1) is 23.7. The smallest absolute Gasteiger partial charge is 0.282 e. The molecule has 2 aliphatic heterocycles. The third-order valence-electron chi connectivity index (χ3n) is 7.55. The lowest BCUT2D eigenvalue weighted by Crippen LogP contribution is -2.29. The number of carbonyl (C=O) groups is 2. The van der Waals surface area contributed by atoms with E-state index in [0.29, 0.717) is 22.8 Å². The molecule has 0 saturated heterocycles. The van der Waals surface area contributed by atoms with Crippen LogP contribution in [0.3, 0.4) is 0 Å². The summed E-state index contributed by atoms with van der Waals surface area (Å²) in [6.07, 6.45) is 0. The van der Waals surface area contributed by atoms with Gasteiger partial charge in [-0.15, -0.1) is 0 Å². The molecule has 0 fully saturated rings. The number of carbonyl (C=O) groups excluding carboxylic acids is 2. The van der Waals surface area contributed by atoms with E-state index in [4.69, 9.17) is 0 Å². The van der Waals surface area contributed by atoms with Crippen LogP contribution in [0, 0.1) is 0 Å². The topological polar surface area (TPSA) is 224 Å². The van der Waals surface area contributed by atoms with Crippen LogP contribution in [-0.4, -0.2) is 61.3 Å². The fourth-order valence-electron chi connectivity index (χ4n) is 5.15. The minimum absolute atomic E-state index is 0.0956. The number of hydrogen-bond donors (Lipinski definition) is 2. The number of rotatable bonds is 9. The van der Waals surface area contributed by atoms with Crippen molar-refractivity contribution in [1.82, 2.24) is 0 Å². The second-order valence-electron chi connectivity index (χ2n) is 11.0. The minimum atomic E-state index is -5.02. The van der Waals surface area contributed by atoms with E-state index in [1.165, 1.54) is 22.2 Å². The van der Waals surface area contributed by atoms with Gasteiger partial charge in [0.25, 0.3) is 32.1 Å². The Balaban J connectivity index is 1.30. The predicted molar refractivity (Wildman–Crippen MR) is 182 cm³/mol. The van der Waals surface area contributed by atoms with Gasteiger partial charge in [0.05, 0.1) is 34.2 Å². The van der Waals surface area contributed by atoms with Crippen LogP contribution in [-0.2, 0) is 29.8 Å². The second-order valence-corrected chi connectivity index (χ2v) is 13.8. The Morgan fingerprint density at radius 1 is 0.580 bits per heavy atom. The maximum Gasteiger partial charge on any atom is 0.295 e. The lowest BCUT2D eigenvalue weighted by atomic mass is 10.0. The van der Waals surface area contributed by atoms with Gasteiger partial charge in [-0.05, 0) is 62.4 Å². The molecular weight excluding hydrogens is 689 g/mol. The van der Waals surface area contributed by atoms with Crippen LogP contribution >= 0.6 is 0 Å². The zero-order valence-electron chi connectivity index (χ0n) is 26.1. The highest BCUT2D eigenvalue weighted by Crippen LogP contribution is 2.37. The Morgan fingerprint density at radius 3 is 1.28 bits per heavy atom. The molecule has 0 aliphatic carbocycles. The number of amides is 2. The lowest BCUT2D eigenvalue weighted by molar-refractivity contribution is -0.118. The molecule has 16 nitrogen and oxygen atoms in total. The Morgan fingerprint density at radius 2 is 0.940 bits per heavy atom. The van der Waals surface area contributed by atoms with Crippen molar-refractivity contribution in [1.29, 1.82) is 0 Å². The average Bonchev–Trinajstić information content (AvgIpc) is 3.54. The fraction of sp³-hybridized carbons (Fsp3) is 0.125. The Bertz CT molecular complexity index is 2200. The average molecular weight is 715 g/mol. The van der Waals surface area contributed by atoms with Crippen molar-refractivity contribution in [2.24, 2.45) is 30.7 Å². The van der Waals surface area contributed by atoms with Crippen LogP contribution in [0.2, 0.25) is 0 Å². The maximum absolute atomic E-state index is 13.0. The summed E-state index contributed by atoms with van der Waals surface area (Å²) in [5.74, 6) is -0.986. The molecule has 0 spiro atoms. The number of nitrogens with zero attached hydrogens (tertiary/aromatic N) is 8. The number of hydrazone groups is 2. The molecular formula is C32H26N8O8S2. The van der Waals surface area contributed by atoms with Gasteiger partial charge in [-0.1, -0.05) is 48.5 Å². The SMILES string of the molecule is CC1=NN(c2ccccc2)C(=O)[C@H]1N=Nc1ccc(-c2ccc(N=N[C@@H]3C(=O)N(c4ccccc4)N=C3C)cc2S(=O)(=O)O)c(S(=O)(=O)O)c1. The fourth-order valence-corrected chi connectivity index (χ4v) is 6.60. The number of benzene rings is 4. The monoisotopic (exact) mass is 714 g/mol. The van der Waals surface area contributed by atoms with Crippen LogP contribution in [0.15, 0.2) is 138 Å². The molecule has 2 amide bonds. The molecule has 0 aromatic heterocycles. The van der Waals surface area contributed by atoms with Gasteiger partial charge in [0, 0.05) is 11.1 Å². The van der Waals surface area contributed by atoms with Crippen LogP contribution in [0.1, 0.15) is 13.8 Å². The molecule has 0 saturated carbocycles. The first-order valence-corrected chi connectivity index (χ1v) is 17.5. The van der Waals surface area contributed by atoms with E-state index in [2.05, 4.69) is 30.7 Å². The van der Waals surface area contributed by atoms with E-state index in [9.17, 15) is 35.5 Å². The summed E-state index contributed by atoms with van der Waals surface area (Å²) in [4.78, 5) is 24.5. The zero-order chi connectivity index (χ0) is 35.8. The number of hydrogen-bond acceptors (Lipinski definition) is 12. The van der Waals surface area contributed by atoms with Crippen molar-refractivity contribution in [3.63, 3.8) is 0 Å². The molecule has 50 heavy (non-hydrogen) atoms. The Labute approximate surface area is 285 Å². The molecule has 254 valence electrons. The van der Waals surface area contributed by atoms with Crippen molar-refractivity contribution in [2.45, 2.75) is 35.7 Å². The predicted octanol–water partition coefficient (Wildman–Crippen LogP) is 5.60. The summed E-state index contributed by atoms with van der Waals surface area (Å²) in [5, 5.41) is 26.9. The van der Waals surface area contributed by atoms with Gasteiger partial charge in [-0.2, -0.15) is 57.5 Å². The van der Waals surface area contributed by atoms with E-state index in [0.717, 1.165) is 24.3 Å². The third-order valence-corrected chi connectivity index (χ3v) is 9.33. The van der Waals surface area contributed by atoms with Crippen molar-refractivity contribution in [3.8, 4) is 11.1 Å². The quantitative estimate of drug-likeness (QED) is 0.164. The van der Waals surface area contributed by atoms with Gasteiger partial charge >= 0.3 is 0 Å². The molecule has 6 rings (SSSR count). The molecule has 0 bridgehead atoms. The van der Waals surface area contributed by atoms with Crippen molar-refractivity contribution in [3.05, 3.63) is 97.1 Å². The summed E-state index contributed by atoms with van der Waals surface area (Å²) >= 11 is 0. The summed E-state index contributed by atoms with van der Waals surface area (Å²) in [6.45, 7) is 3.16. The van der Waals surface area contributed by atoms with E-state index < -0.39 is 53.9 Å². The van der Waals surface area contributed by atoms with E-state index >= 15 is 0 Å². The molecule has 2 N–H and O–H groups in total. The van der Waals surface area contributed by atoms with Crippen LogP contribution in [0.25, 0.3) is 11.1 Å². The maximum atomic E-state index is 13.0. The first kappa shape index (κ1) is 34.1. The molecule has 4 aromatic rings. The van der Waals surface area contributed by atoms with Crippen LogP contribution in [0.4, 0.5) is 22.7 Å². The van der Waals surface area contributed by atoms with E-state index in [1.54, 1.807) is 74.5 Å². The molecule has 18 heteroatoms. The van der Waals surface area contributed by atoms with Crippen molar-refractivity contribution >= 4 is 66.2 Å². The van der Waals surface area contributed by atoms with Gasteiger partial charge in [-0.25, -0.2) is 0 Å². The van der Waals surface area contributed by atoms with Gasteiger partial charge in [0.2, 0.25) is 0 Å². The normalized spacial score (nSPS) is 18.4. The highest BCUT2D eigenvalue weighted by Gasteiger charge is 2.36. The van der Waals surface area contributed by atoms with Gasteiger partial charge in [-0.3, -0.25) is 18.7 Å². The first-order valence-electron chi connectivity index (χ1n) is 14.7. The second kappa shape index (κ2) is 13.2.